The molecule has 1 aromatic rings. The lowest BCUT2D eigenvalue weighted by atomic mass is 9.81. The summed E-state index contributed by atoms with van der Waals surface area (Å²) in [6.07, 6.45) is 4.45. The summed E-state index contributed by atoms with van der Waals surface area (Å²) in [5, 5.41) is 0. The van der Waals surface area contributed by atoms with Gasteiger partial charge in [-0.05, 0) is 60.5 Å². The first-order valence-electron chi connectivity index (χ1n) is 8.41. The van der Waals surface area contributed by atoms with Crippen molar-refractivity contribution in [3.8, 4) is 0 Å². The van der Waals surface area contributed by atoms with Gasteiger partial charge in [0.15, 0.2) is 0 Å². The SMILES string of the molecule is CC[C@@H](c1ccccc1C(N)=O)C1[C@@H]2CC(C(C=O)C=O)C[C@@H]12. The second-order valence-corrected chi connectivity index (χ2v) is 6.95. The lowest BCUT2D eigenvalue weighted by Crippen LogP contribution is -2.20. The van der Waals surface area contributed by atoms with Crippen molar-refractivity contribution in [2.75, 3.05) is 0 Å². The van der Waals surface area contributed by atoms with Crippen LogP contribution < -0.4 is 5.73 Å². The average Bonchev–Trinajstić information content (AvgIpc) is 3.03. The highest BCUT2D eigenvalue weighted by molar-refractivity contribution is 5.94. The van der Waals surface area contributed by atoms with Gasteiger partial charge in [0.25, 0.3) is 0 Å². The van der Waals surface area contributed by atoms with Crippen molar-refractivity contribution in [3.63, 3.8) is 0 Å². The number of carbonyl (C=O) groups excluding carboxylic acids is 3. The van der Waals surface area contributed by atoms with Crippen LogP contribution >= 0.6 is 0 Å². The molecule has 122 valence electrons. The van der Waals surface area contributed by atoms with Gasteiger partial charge in [-0.1, -0.05) is 25.1 Å². The molecule has 2 saturated carbocycles. The van der Waals surface area contributed by atoms with Gasteiger partial charge in [-0.25, -0.2) is 0 Å². The molecule has 2 N–H and O–H groups in total. The highest BCUT2D eigenvalue weighted by Gasteiger charge is 2.59. The van der Waals surface area contributed by atoms with Crippen molar-refractivity contribution in [3.05, 3.63) is 35.4 Å². The minimum Gasteiger partial charge on any atom is -0.366 e. The van der Waals surface area contributed by atoms with Crippen molar-refractivity contribution in [2.45, 2.75) is 32.1 Å². The first-order chi connectivity index (χ1) is 11.1. The number of hydrogen-bond donors (Lipinski definition) is 1. The Morgan fingerprint density at radius 3 is 2.35 bits per heavy atom. The van der Waals surface area contributed by atoms with Crippen LogP contribution in [0.25, 0.3) is 0 Å². The van der Waals surface area contributed by atoms with Gasteiger partial charge >= 0.3 is 0 Å². The fourth-order valence-corrected chi connectivity index (χ4v) is 4.84. The summed E-state index contributed by atoms with van der Waals surface area (Å²) in [7, 11) is 0. The zero-order chi connectivity index (χ0) is 16.6. The summed E-state index contributed by atoms with van der Waals surface area (Å²) < 4.78 is 0. The summed E-state index contributed by atoms with van der Waals surface area (Å²) >= 11 is 0. The summed E-state index contributed by atoms with van der Waals surface area (Å²) in [5.41, 5.74) is 7.21. The number of hydrogen-bond acceptors (Lipinski definition) is 3. The Bertz CT molecular complexity index is 607. The molecule has 0 bridgehead atoms. The Morgan fingerprint density at radius 1 is 1.22 bits per heavy atom. The smallest absolute Gasteiger partial charge is 0.248 e. The molecule has 0 aromatic heterocycles. The fourth-order valence-electron chi connectivity index (χ4n) is 4.84. The Kier molecular flexibility index (Phi) is 4.33. The molecule has 2 fully saturated rings. The number of primary amides is 1. The van der Waals surface area contributed by atoms with Crippen LogP contribution in [0.1, 0.15) is 48.0 Å². The van der Waals surface area contributed by atoms with Crippen LogP contribution in [0.15, 0.2) is 24.3 Å². The molecule has 2 aliphatic carbocycles. The lowest BCUT2D eigenvalue weighted by Gasteiger charge is -2.23. The number of nitrogens with two attached hydrogens (primary N) is 1. The first kappa shape index (κ1) is 15.9. The first-order valence-corrected chi connectivity index (χ1v) is 8.41. The van der Waals surface area contributed by atoms with E-state index >= 15 is 0 Å². The van der Waals surface area contributed by atoms with Gasteiger partial charge in [0.2, 0.25) is 5.91 Å². The maximum atomic E-state index is 11.7. The number of fused-ring (bicyclic) bond motifs is 1. The third-order valence-corrected chi connectivity index (χ3v) is 5.94. The lowest BCUT2D eigenvalue weighted by molar-refractivity contribution is -0.121. The second-order valence-electron chi connectivity index (χ2n) is 6.95. The van der Waals surface area contributed by atoms with Gasteiger partial charge in [-0.15, -0.1) is 0 Å². The van der Waals surface area contributed by atoms with E-state index in [4.69, 9.17) is 5.73 Å². The predicted molar refractivity (Wildman–Crippen MR) is 86.8 cm³/mol. The molecular formula is C19H23NO3. The van der Waals surface area contributed by atoms with Crippen molar-refractivity contribution in [1.82, 2.24) is 0 Å². The number of aldehydes is 2. The van der Waals surface area contributed by atoms with Gasteiger partial charge in [0.1, 0.15) is 12.6 Å². The van der Waals surface area contributed by atoms with Gasteiger partial charge in [-0.3, -0.25) is 4.79 Å². The Balaban J connectivity index is 1.76. The van der Waals surface area contributed by atoms with Crippen molar-refractivity contribution >= 4 is 18.5 Å². The molecule has 0 heterocycles. The van der Waals surface area contributed by atoms with Crippen LogP contribution in [-0.4, -0.2) is 18.5 Å². The molecule has 4 heteroatoms. The molecule has 1 amide bonds. The maximum absolute atomic E-state index is 11.7. The van der Waals surface area contributed by atoms with E-state index in [0.29, 0.717) is 29.2 Å². The van der Waals surface area contributed by atoms with E-state index in [1.165, 1.54) is 0 Å². The maximum Gasteiger partial charge on any atom is 0.248 e. The van der Waals surface area contributed by atoms with Crippen LogP contribution in [0.2, 0.25) is 0 Å². The minimum absolute atomic E-state index is 0.208. The summed E-state index contributed by atoms with van der Waals surface area (Å²) in [6.45, 7) is 2.15. The molecule has 1 aromatic carbocycles. The molecule has 0 spiro atoms. The molecule has 0 unspecified atom stereocenters. The molecule has 3 rings (SSSR count). The third kappa shape index (κ3) is 2.71. The third-order valence-electron chi connectivity index (χ3n) is 5.94. The van der Waals surface area contributed by atoms with Crippen LogP contribution in [0.3, 0.4) is 0 Å². The van der Waals surface area contributed by atoms with Gasteiger partial charge in [0, 0.05) is 5.56 Å². The molecule has 4 nitrogen and oxygen atoms in total. The highest BCUT2D eigenvalue weighted by atomic mass is 16.1. The Labute approximate surface area is 136 Å². The van der Waals surface area contributed by atoms with E-state index in [-0.39, 0.29) is 11.8 Å². The van der Waals surface area contributed by atoms with Crippen molar-refractivity contribution < 1.29 is 14.4 Å². The van der Waals surface area contributed by atoms with Crippen LogP contribution in [0.5, 0.6) is 0 Å². The summed E-state index contributed by atoms with van der Waals surface area (Å²) in [4.78, 5) is 33.6. The van der Waals surface area contributed by atoms with Gasteiger partial charge < -0.3 is 15.3 Å². The number of carbonyl (C=O) groups is 3. The Morgan fingerprint density at radius 2 is 1.83 bits per heavy atom. The highest BCUT2D eigenvalue weighted by Crippen LogP contribution is 2.66. The molecule has 23 heavy (non-hydrogen) atoms. The number of benzene rings is 1. The number of rotatable bonds is 7. The van der Waals surface area contributed by atoms with Gasteiger partial charge in [0.05, 0.1) is 5.92 Å². The van der Waals surface area contributed by atoms with Gasteiger partial charge in [-0.2, -0.15) is 0 Å². The molecular weight excluding hydrogens is 290 g/mol. The average molecular weight is 313 g/mol. The summed E-state index contributed by atoms with van der Waals surface area (Å²) in [6, 6.07) is 7.62. The molecule has 0 saturated heterocycles. The van der Waals surface area contributed by atoms with E-state index in [1.54, 1.807) is 6.07 Å². The van der Waals surface area contributed by atoms with Crippen LogP contribution in [0, 0.1) is 29.6 Å². The van der Waals surface area contributed by atoms with E-state index in [2.05, 4.69) is 6.92 Å². The quantitative estimate of drug-likeness (QED) is 0.621. The fraction of sp³-hybridized carbons (Fsp3) is 0.526. The second kappa shape index (κ2) is 6.26. The minimum atomic E-state index is -0.443. The van der Waals surface area contributed by atoms with E-state index in [1.807, 2.05) is 18.2 Å². The molecule has 0 aliphatic heterocycles. The van der Waals surface area contributed by atoms with Crippen molar-refractivity contribution in [1.29, 1.82) is 0 Å². The molecule has 2 aliphatic rings. The van der Waals surface area contributed by atoms with E-state index in [0.717, 1.165) is 37.4 Å². The topological polar surface area (TPSA) is 77.2 Å². The monoisotopic (exact) mass is 313 g/mol. The van der Waals surface area contributed by atoms with E-state index in [9.17, 15) is 14.4 Å². The van der Waals surface area contributed by atoms with Crippen LogP contribution in [0.4, 0.5) is 0 Å². The number of amides is 1. The predicted octanol–water partition coefficient (Wildman–Crippen LogP) is 2.57. The zero-order valence-corrected chi connectivity index (χ0v) is 13.4. The standard InChI is InChI=1S/C19H23NO3/c1-2-13(14-5-3-4-6-15(14)19(20)23)18-16-7-11(8-17(16)18)12(9-21)10-22/h3-6,9-13,16-18H,2,7-8H2,1H3,(H2,20,23)/t11?,13-,16+,17+,18?/m0/s1. The molecule has 0 radical (unpaired) electrons. The summed E-state index contributed by atoms with van der Waals surface area (Å²) in [5.74, 6) is 1.43. The molecule has 3 atom stereocenters. The van der Waals surface area contributed by atoms with Crippen molar-refractivity contribution in [2.24, 2.45) is 35.3 Å². The zero-order valence-electron chi connectivity index (χ0n) is 13.4. The normalized spacial score (nSPS) is 27.5. The largest absolute Gasteiger partial charge is 0.366 e. The van der Waals surface area contributed by atoms with E-state index < -0.39 is 5.92 Å². The Hall–Kier alpha value is -1.97. The van der Waals surface area contributed by atoms with Crippen LogP contribution in [-0.2, 0) is 9.59 Å².